The van der Waals surface area contributed by atoms with Crippen molar-refractivity contribution < 1.29 is 4.79 Å². The van der Waals surface area contributed by atoms with E-state index >= 15 is 0 Å². The van der Waals surface area contributed by atoms with Gasteiger partial charge in [0.25, 0.3) is 0 Å². The fraction of sp³-hybridized carbons (Fsp3) is 0.619. The number of carbonyl (C=O) groups is 1. The molecule has 1 aliphatic heterocycles. The molecule has 1 aromatic carbocycles. The topological polar surface area (TPSA) is 68.8 Å². The van der Waals surface area contributed by atoms with Crippen molar-refractivity contribution in [1.29, 1.82) is 0 Å². The Hall–Kier alpha value is -2.24. The van der Waals surface area contributed by atoms with Crippen LogP contribution >= 0.6 is 0 Å². The largest absolute Gasteiger partial charge is 0.357 e. The first-order valence-electron chi connectivity index (χ1n) is 10.3. The third-order valence-corrected chi connectivity index (χ3v) is 5.05. The van der Waals surface area contributed by atoms with Gasteiger partial charge in [0.2, 0.25) is 0 Å². The van der Waals surface area contributed by atoms with Crippen LogP contribution in [0.5, 0.6) is 0 Å². The van der Waals surface area contributed by atoms with Crippen LogP contribution in [-0.4, -0.2) is 43.1 Å². The van der Waals surface area contributed by atoms with Gasteiger partial charge in [-0.05, 0) is 43.4 Å². The minimum absolute atomic E-state index is 0.00618. The summed E-state index contributed by atoms with van der Waals surface area (Å²) < 4.78 is 0. The third-order valence-electron chi connectivity index (χ3n) is 5.05. The monoisotopic (exact) mass is 373 g/mol. The van der Waals surface area contributed by atoms with Gasteiger partial charge in [-0.25, -0.2) is 9.79 Å². The highest BCUT2D eigenvalue weighted by Gasteiger charge is 2.17. The van der Waals surface area contributed by atoms with Crippen LogP contribution in [0.4, 0.5) is 10.5 Å². The van der Waals surface area contributed by atoms with E-state index in [0.717, 1.165) is 56.2 Å². The average molecular weight is 374 g/mol. The van der Waals surface area contributed by atoms with Gasteiger partial charge in [0, 0.05) is 31.9 Å². The predicted molar refractivity (Wildman–Crippen MR) is 113 cm³/mol. The van der Waals surface area contributed by atoms with E-state index < -0.39 is 0 Å². The number of urea groups is 1. The molecule has 0 aromatic heterocycles. The highest BCUT2D eigenvalue weighted by molar-refractivity contribution is 5.89. The molecule has 27 heavy (non-hydrogen) atoms. The van der Waals surface area contributed by atoms with Crippen molar-refractivity contribution >= 4 is 17.7 Å². The molecule has 0 bridgehead atoms. The Kier molecular flexibility index (Phi) is 8.95. The summed E-state index contributed by atoms with van der Waals surface area (Å²) in [6, 6.07) is 7.93. The van der Waals surface area contributed by atoms with E-state index in [1.807, 2.05) is 29.2 Å². The molecular formula is C21H35N5O. The van der Waals surface area contributed by atoms with Crippen molar-refractivity contribution in [2.24, 2.45) is 10.9 Å². The minimum atomic E-state index is -0.00618. The number of likely N-dealkylation sites (tertiary alicyclic amines) is 1. The predicted octanol–water partition coefficient (Wildman–Crippen LogP) is 3.81. The van der Waals surface area contributed by atoms with Crippen molar-refractivity contribution in [3.8, 4) is 0 Å². The molecule has 6 heteroatoms. The number of anilines is 1. The molecule has 0 atom stereocenters. The molecular weight excluding hydrogens is 338 g/mol. The van der Waals surface area contributed by atoms with Crippen molar-refractivity contribution in [3.05, 3.63) is 29.8 Å². The number of hydrogen-bond acceptors (Lipinski definition) is 2. The fourth-order valence-electron chi connectivity index (χ4n) is 3.20. The van der Waals surface area contributed by atoms with Gasteiger partial charge in [0.05, 0.1) is 6.54 Å². The molecule has 0 unspecified atom stereocenters. The molecule has 1 aromatic rings. The van der Waals surface area contributed by atoms with Crippen molar-refractivity contribution in [3.63, 3.8) is 0 Å². The molecule has 150 valence electrons. The molecule has 0 radical (unpaired) electrons. The maximum atomic E-state index is 12.3. The highest BCUT2D eigenvalue weighted by Crippen LogP contribution is 2.14. The maximum Gasteiger partial charge on any atom is 0.321 e. The van der Waals surface area contributed by atoms with Crippen LogP contribution < -0.4 is 16.0 Å². The molecule has 1 saturated heterocycles. The van der Waals surface area contributed by atoms with Crippen molar-refractivity contribution in [2.45, 2.75) is 53.0 Å². The van der Waals surface area contributed by atoms with Crippen LogP contribution in [0.3, 0.4) is 0 Å². The van der Waals surface area contributed by atoms with Gasteiger partial charge in [-0.2, -0.15) is 0 Å². The third kappa shape index (κ3) is 7.12. The highest BCUT2D eigenvalue weighted by atomic mass is 16.2. The minimum Gasteiger partial charge on any atom is -0.357 e. The lowest BCUT2D eigenvalue weighted by Crippen LogP contribution is -2.39. The Morgan fingerprint density at radius 2 is 1.89 bits per heavy atom. The number of guanidine groups is 1. The van der Waals surface area contributed by atoms with Crippen molar-refractivity contribution in [2.75, 3.05) is 31.5 Å². The molecule has 2 rings (SSSR count). The van der Waals surface area contributed by atoms with E-state index in [9.17, 15) is 4.79 Å². The van der Waals surface area contributed by atoms with Crippen LogP contribution in [0.1, 0.15) is 52.0 Å². The number of nitrogens with zero attached hydrogens (tertiary/aromatic N) is 2. The van der Waals surface area contributed by atoms with Gasteiger partial charge in [-0.15, -0.1) is 0 Å². The summed E-state index contributed by atoms with van der Waals surface area (Å²) in [7, 11) is 0. The zero-order valence-corrected chi connectivity index (χ0v) is 17.1. The van der Waals surface area contributed by atoms with E-state index in [1.165, 1.54) is 12.8 Å². The lowest BCUT2D eigenvalue weighted by molar-refractivity contribution is 0.222. The summed E-state index contributed by atoms with van der Waals surface area (Å²) >= 11 is 0. The molecule has 1 fully saturated rings. The first kappa shape index (κ1) is 21.1. The Bertz CT molecular complexity index is 606. The number of carbonyl (C=O) groups excluding carboxylic acids is 1. The Balaban J connectivity index is 1.93. The second-order valence-electron chi connectivity index (χ2n) is 7.08. The fourth-order valence-corrected chi connectivity index (χ4v) is 3.20. The lowest BCUT2D eigenvalue weighted by Gasteiger charge is -2.17. The van der Waals surface area contributed by atoms with Gasteiger partial charge < -0.3 is 20.9 Å². The van der Waals surface area contributed by atoms with Gasteiger partial charge in [-0.3, -0.25) is 0 Å². The van der Waals surface area contributed by atoms with Crippen LogP contribution in [0.2, 0.25) is 0 Å². The Morgan fingerprint density at radius 3 is 2.56 bits per heavy atom. The zero-order chi connectivity index (χ0) is 19.5. The van der Waals surface area contributed by atoms with Crippen LogP contribution in [0, 0.1) is 5.92 Å². The van der Waals surface area contributed by atoms with E-state index in [4.69, 9.17) is 4.99 Å². The number of aliphatic imine (C=N–C) groups is 1. The molecule has 3 N–H and O–H groups in total. The molecule has 1 aliphatic rings. The number of hydrogen-bond donors (Lipinski definition) is 3. The number of rotatable bonds is 8. The van der Waals surface area contributed by atoms with Crippen LogP contribution in [0.15, 0.2) is 29.3 Å². The number of nitrogens with one attached hydrogen (secondary N) is 3. The normalized spacial score (nSPS) is 14.5. The standard InChI is InChI=1S/C21H35N5O/c1-4-17(5-2)15-23-20(22-6-3)24-16-18-10-9-11-19(14-18)25-21(27)26-12-7-8-13-26/h9-11,14,17H,4-8,12-13,15-16H2,1-3H3,(H,25,27)(H2,22,23,24). The van der Waals surface area contributed by atoms with E-state index in [2.05, 4.69) is 36.7 Å². The summed E-state index contributed by atoms with van der Waals surface area (Å²) in [5.74, 6) is 1.51. The van der Waals surface area contributed by atoms with Gasteiger partial charge >= 0.3 is 6.03 Å². The lowest BCUT2D eigenvalue weighted by atomic mass is 10.0. The second-order valence-corrected chi connectivity index (χ2v) is 7.08. The first-order chi connectivity index (χ1) is 13.2. The van der Waals surface area contributed by atoms with Gasteiger partial charge in [-0.1, -0.05) is 38.8 Å². The molecule has 1 heterocycles. The number of benzene rings is 1. The van der Waals surface area contributed by atoms with E-state index in [1.54, 1.807) is 0 Å². The molecule has 0 aliphatic carbocycles. The van der Waals surface area contributed by atoms with Gasteiger partial charge in [0.15, 0.2) is 5.96 Å². The summed E-state index contributed by atoms with van der Waals surface area (Å²) in [5, 5.41) is 9.74. The summed E-state index contributed by atoms with van der Waals surface area (Å²) in [6.07, 6.45) is 4.53. The molecule has 0 saturated carbocycles. The molecule has 6 nitrogen and oxygen atoms in total. The van der Waals surface area contributed by atoms with Crippen LogP contribution in [0.25, 0.3) is 0 Å². The van der Waals surface area contributed by atoms with Crippen molar-refractivity contribution in [1.82, 2.24) is 15.5 Å². The van der Waals surface area contributed by atoms with E-state index in [-0.39, 0.29) is 6.03 Å². The average Bonchev–Trinajstić information content (AvgIpc) is 3.22. The van der Waals surface area contributed by atoms with E-state index in [0.29, 0.717) is 12.5 Å². The zero-order valence-electron chi connectivity index (χ0n) is 17.1. The first-order valence-corrected chi connectivity index (χ1v) is 10.3. The summed E-state index contributed by atoms with van der Waals surface area (Å²) in [4.78, 5) is 18.8. The molecule has 0 spiro atoms. The summed E-state index contributed by atoms with van der Waals surface area (Å²) in [5.41, 5.74) is 1.91. The Labute approximate surface area is 163 Å². The smallest absolute Gasteiger partial charge is 0.321 e. The van der Waals surface area contributed by atoms with Crippen LogP contribution in [-0.2, 0) is 6.54 Å². The summed E-state index contributed by atoms with van der Waals surface area (Å²) in [6.45, 7) is 10.6. The quantitative estimate of drug-likeness (QED) is 0.479. The maximum absolute atomic E-state index is 12.3. The SMILES string of the molecule is CCNC(=NCc1cccc(NC(=O)N2CCCC2)c1)NCC(CC)CC. The second kappa shape index (κ2) is 11.5. The Morgan fingerprint density at radius 1 is 1.15 bits per heavy atom. The number of amides is 2. The molecule has 2 amide bonds. The van der Waals surface area contributed by atoms with Gasteiger partial charge in [0.1, 0.15) is 0 Å².